The third-order valence-electron chi connectivity index (χ3n) is 13.1. The van der Waals surface area contributed by atoms with Crippen molar-refractivity contribution in [3.05, 3.63) is 283 Å². The van der Waals surface area contributed by atoms with Crippen LogP contribution in [0.15, 0.2) is 267 Å². The molecule has 1 heterocycles. The van der Waals surface area contributed by atoms with E-state index in [4.69, 9.17) is 0 Å². The topological polar surface area (TPSA) is 6.48 Å². The molecule has 1 aliphatic heterocycles. The standard InChI is InChI=1S/C62H46N2/c1-3-4-34-58-44(2)62(56-32-19-20-35-59(56)64(58)51-28-15-8-16-29-51)55-31-18-17-30-54(55)61-57(62)33-21-36-60(61)63(52-39-37-48(38-40-52)45-22-9-5-10-23-45)53-42-49(46-24-11-6-12-25-46)41-50(43-53)47-26-13-7-14-27-47/h3-43H,1H2,2H3/b34-4-. The molecule has 0 N–H and O–H groups in total. The molecule has 0 radical (unpaired) electrons. The summed E-state index contributed by atoms with van der Waals surface area (Å²) < 4.78 is 0. The van der Waals surface area contributed by atoms with Gasteiger partial charge in [-0.25, -0.2) is 0 Å². The molecular formula is C62H46N2. The minimum absolute atomic E-state index is 0.589. The number of fused-ring (bicyclic) bond motifs is 7. The fourth-order valence-electron chi connectivity index (χ4n) is 10.3. The van der Waals surface area contributed by atoms with Crippen molar-refractivity contribution in [2.45, 2.75) is 12.3 Å². The van der Waals surface area contributed by atoms with Gasteiger partial charge < -0.3 is 9.80 Å². The van der Waals surface area contributed by atoms with Crippen LogP contribution in [0, 0.1) is 0 Å². The van der Waals surface area contributed by atoms with E-state index in [9.17, 15) is 0 Å². The zero-order valence-corrected chi connectivity index (χ0v) is 35.8. The van der Waals surface area contributed by atoms with Gasteiger partial charge in [-0.05, 0) is 129 Å². The van der Waals surface area contributed by atoms with Gasteiger partial charge in [-0.3, -0.25) is 0 Å². The van der Waals surface area contributed by atoms with Gasteiger partial charge in [0.05, 0.1) is 16.8 Å². The fraction of sp³-hybridized carbons (Fsp3) is 0.0323. The molecular weight excluding hydrogens is 773 g/mol. The summed E-state index contributed by atoms with van der Waals surface area (Å²) in [5.41, 5.74) is 20.7. The van der Waals surface area contributed by atoms with E-state index in [1.165, 1.54) is 55.6 Å². The van der Waals surface area contributed by atoms with Crippen LogP contribution < -0.4 is 9.80 Å². The highest BCUT2D eigenvalue weighted by atomic mass is 15.2. The molecule has 0 aromatic heterocycles. The van der Waals surface area contributed by atoms with Gasteiger partial charge in [0.2, 0.25) is 0 Å². The first-order chi connectivity index (χ1) is 31.6. The first-order valence-electron chi connectivity index (χ1n) is 22.1. The number of nitrogens with zero attached hydrogens (tertiary/aromatic N) is 2. The van der Waals surface area contributed by atoms with Gasteiger partial charge in [0.25, 0.3) is 0 Å². The lowest BCUT2D eigenvalue weighted by Crippen LogP contribution is -2.38. The van der Waals surface area contributed by atoms with Gasteiger partial charge >= 0.3 is 0 Å². The molecule has 1 atom stereocenters. The van der Waals surface area contributed by atoms with E-state index in [0.717, 1.165) is 45.3 Å². The molecule has 1 spiro atoms. The van der Waals surface area contributed by atoms with Crippen LogP contribution >= 0.6 is 0 Å². The molecule has 11 rings (SSSR count). The minimum Gasteiger partial charge on any atom is -0.310 e. The lowest BCUT2D eigenvalue weighted by Gasteiger charge is -2.45. The molecule has 0 amide bonds. The van der Waals surface area contributed by atoms with Gasteiger partial charge in [-0.2, -0.15) is 0 Å². The molecule has 64 heavy (non-hydrogen) atoms. The molecule has 0 saturated heterocycles. The Hall–Kier alpha value is -8.20. The Morgan fingerprint density at radius 3 is 1.59 bits per heavy atom. The quantitative estimate of drug-likeness (QED) is 0.134. The van der Waals surface area contributed by atoms with Crippen LogP contribution in [-0.4, -0.2) is 0 Å². The van der Waals surface area contributed by atoms with Crippen LogP contribution in [0.4, 0.5) is 28.4 Å². The first-order valence-corrected chi connectivity index (χ1v) is 22.1. The minimum atomic E-state index is -0.589. The Labute approximate surface area is 376 Å². The molecule has 1 aliphatic carbocycles. The van der Waals surface area contributed by atoms with E-state index < -0.39 is 5.41 Å². The van der Waals surface area contributed by atoms with E-state index in [2.05, 4.69) is 266 Å². The van der Waals surface area contributed by atoms with E-state index in [0.29, 0.717) is 0 Å². The molecule has 9 aromatic carbocycles. The van der Waals surface area contributed by atoms with E-state index in [-0.39, 0.29) is 0 Å². The third-order valence-corrected chi connectivity index (χ3v) is 13.1. The molecule has 2 nitrogen and oxygen atoms in total. The maximum absolute atomic E-state index is 4.10. The van der Waals surface area contributed by atoms with Crippen molar-refractivity contribution in [2.75, 3.05) is 9.80 Å². The largest absolute Gasteiger partial charge is 0.310 e. The molecule has 2 heteroatoms. The molecule has 0 saturated carbocycles. The van der Waals surface area contributed by atoms with Crippen LogP contribution in [-0.2, 0) is 5.41 Å². The van der Waals surface area contributed by atoms with E-state index in [1.807, 2.05) is 6.08 Å². The summed E-state index contributed by atoms with van der Waals surface area (Å²) in [5, 5.41) is 0. The maximum Gasteiger partial charge on any atom is 0.0715 e. The molecule has 1 unspecified atom stereocenters. The average Bonchev–Trinajstić information content (AvgIpc) is 3.67. The summed E-state index contributed by atoms with van der Waals surface area (Å²) in [6.07, 6.45) is 6.18. The third kappa shape index (κ3) is 6.34. The van der Waals surface area contributed by atoms with Crippen molar-refractivity contribution < 1.29 is 0 Å². The maximum atomic E-state index is 4.10. The molecule has 0 fully saturated rings. The highest BCUT2D eigenvalue weighted by Gasteiger charge is 2.52. The summed E-state index contributed by atoms with van der Waals surface area (Å²) in [6.45, 7) is 6.44. The number of allylic oxidation sites excluding steroid dienone is 4. The van der Waals surface area contributed by atoms with Crippen molar-refractivity contribution >= 4 is 28.4 Å². The average molecular weight is 819 g/mol. The van der Waals surface area contributed by atoms with E-state index in [1.54, 1.807) is 0 Å². The second-order valence-electron chi connectivity index (χ2n) is 16.5. The zero-order chi connectivity index (χ0) is 43.0. The monoisotopic (exact) mass is 818 g/mol. The number of hydrogen-bond donors (Lipinski definition) is 0. The van der Waals surface area contributed by atoms with Crippen LogP contribution in [0.5, 0.6) is 0 Å². The zero-order valence-electron chi connectivity index (χ0n) is 35.8. The van der Waals surface area contributed by atoms with Gasteiger partial charge in [-0.1, -0.05) is 195 Å². The van der Waals surface area contributed by atoms with Gasteiger partial charge in [0.1, 0.15) is 0 Å². The normalized spacial score (nSPS) is 14.9. The Morgan fingerprint density at radius 1 is 0.453 bits per heavy atom. The van der Waals surface area contributed by atoms with Gasteiger partial charge in [0.15, 0.2) is 0 Å². The lowest BCUT2D eigenvalue weighted by molar-refractivity contribution is 0.717. The van der Waals surface area contributed by atoms with Crippen LogP contribution in [0.1, 0.15) is 23.6 Å². The van der Waals surface area contributed by atoms with E-state index >= 15 is 0 Å². The second kappa shape index (κ2) is 16.2. The summed E-state index contributed by atoms with van der Waals surface area (Å²) in [5.74, 6) is 0. The number of anilines is 5. The Kier molecular flexibility index (Phi) is 9.83. The molecule has 304 valence electrons. The Bertz CT molecular complexity index is 3160. The smallest absolute Gasteiger partial charge is 0.0715 e. The summed E-state index contributed by atoms with van der Waals surface area (Å²) >= 11 is 0. The van der Waals surface area contributed by atoms with Crippen LogP contribution in [0.3, 0.4) is 0 Å². The van der Waals surface area contributed by atoms with Crippen molar-refractivity contribution in [1.82, 2.24) is 0 Å². The highest BCUT2D eigenvalue weighted by Crippen LogP contribution is 2.64. The first kappa shape index (κ1) is 38.7. The van der Waals surface area contributed by atoms with Crippen molar-refractivity contribution in [3.63, 3.8) is 0 Å². The fourth-order valence-corrected chi connectivity index (χ4v) is 10.3. The molecule has 9 aromatic rings. The molecule has 0 bridgehead atoms. The highest BCUT2D eigenvalue weighted by molar-refractivity contribution is 6.00. The van der Waals surface area contributed by atoms with Crippen LogP contribution in [0.25, 0.3) is 44.5 Å². The predicted octanol–water partition coefficient (Wildman–Crippen LogP) is 16.6. The van der Waals surface area contributed by atoms with Crippen molar-refractivity contribution in [2.24, 2.45) is 0 Å². The number of rotatable bonds is 9. The lowest BCUT2D eigenvalue weighted by atomic mass is 9.64. The summed E-state index contributed by atoms with van der Waals surface area (Å²) in [7, 11) is 0. The van der Waals surface area contributed by atoms with Crippen molar-refractivity contribution in [3.8, 4) is 44.5 Å². The Morgan fingerprint density at radius 2 is 0.969 bits per heavy atom. The summed E-state index contributed by atoms with van der Waals surface area (Å²) in [4.78, 5) is 4.91. The SMILES string of the molecule is C=C/C=C\C1=C(C)C2(c3ccccc3-c3c(N(c4ccc(-c5ccccc5)cc4)c4cc(-c5ccccc5)cc(-c5ccccc5)c4)cccc32)c2ccccc2N1c1ccccc1. The van der Waals surface area contributed by atoms with Gasteiger partial charge in [0, 0.05) is 28.3 Å². The van der Waals surface area contributed by atoms with Gasteiger partial charge in [-0.15, -0.1) is 0 Å². The number of para-hydroxylation sites is 2. The number of hydrogen-bond acceptors (Lipinski definition) is 2. The Balaban J connectivity index is 1.21. The predicted molar refractivity (Wildman–Crippen MR) is 270 cm³/mol. The van der Waals surface area contributed by atoms with Crippen molar-refractivity contribution in [1.29, 1.82) is 0 Å². The molecule has 2 aliphatic rings. The summed E-state index contributed by atoms with van der Waals surface area (Å²) in [6, 6.07) is 84.1. The second-order valence-corrected chi connectivity index (χ2v) is 16.5. The number of benzene rings is 9. The van der Waals surface area contributed by atoms with Crippen LogP contribution in [0.2, 0.25) is 0 Å².